The highest BCUT2D eigenvalue weighted by molar-refractivity contribution is 5.92. The predicted molar refractivity (Wildman–Crippen MR) is 98.7 cm³/mol. The summed E-state index contributed by atoms with van der Waals surface area (Å²) in [4.78, 5) is 4.41. The molecular weight excluding hydrogens is 302 g/mol. The van der Waals surface area contributed by atoms with Gasteiger partial charge in [0.05, 0.1) is 13.2 Å². The molecule has 2 rings (SSSR count). The number of guanidine groups is 1. The Bertz CT molecular complexity index is 699. The third kappa shape index (κ3) is 5.59. The zero-order valence-electron chi connectivity index (χ0n) is 14.5. The molecule has 5 heteroatoms. The Morgan fingerprint density at radius 1 is 1.08 bits per heavy atom. The van der Waals surface area contributed by atoms with E-state index in [0.29, 0.717) is 25.7 Å². The van der Waals surface area contributed by atoms with Gasteiger partial charge in [0.15, 0.2) is 5.96 Å². The zero-order chi connectivity index (χ0) is 17.4. The maximum atomic E-state index is 5.98. The van der Waals surface area contributed by atoms with E-state index in [0.717, 1.165) is 22.6 Å². The molecule has 0 unspecified atom stereocenters. The Balaban J connectivity index is 2.03. The highest BCUT2D eigenvalue weighted by atomic mass is 16.5. The van der Waals surface area contributed by atoms with Crippen molar-refractivity contribution in [2.45, 2.75) is 20.4 Å². The van der Waals surface area contributed by atoms with Gasteiger partial charge in [-0.25, -0.2) is 4.99 Å². The van der Waals surface area contributed by atoms with Crippen LogP contribution in [-0.4, -0.2) is 26.3 Å². The fourth-order valence-electron chi connectivity index (χ4n) is 2.24. The normalized spacial score (nSPS) is 11.4. The molecule has 2 aromatic rings. The van der Waals surface area contributed by atoms with Crippen LogP contribution in [0, 0.1) is 13.8 Å². The Kier molecular flexibility index (Phi) is 6.63. The first-order valence-corrected chi connectivity index (χ1v) is 7.93. The lowest BCUT2D eigenvalue weighted by atomic mass is 10.1. The highest BCUT2D eigenvalue weighted by Gasteiger charge is 2.04. The van der Waals surface area contributed by atoms with E-state index in [4.69, 9.17) is 15.2 Å². The maximum absolute atomic E-state index is 5.98. The number of methoxy groups -OCH3 is 1. The van der Waals surface area contributed by atoms with Crippen molar-refractivity contribution in [3.8, 4) is 5.75 Å². The fraction of sp³-hybridized carbons (Fsp3) is 0.316. The van der Waals surface area contributed by atoms with E-state index >= 15 is 0 Å². The largest absolute Gasteiger partial charge is 0.491 e. The lowest BCUT2D eigenvalue weighted by molar-refractivity contribution is 0.146. The predicted octanol–water partition coefficient (Wildman–Crippen LogP) is 3.26. The number of ether oxygens (including phenoxy) is 2. The second-order valence-electron chi connectivity index (χ2n) is 5.65. The summed E-state index contributed by atoms with van der Waals surface area (Å²) in [6.45, 7) is 5.58. The average Bonchev–Trinajstić information content (AvgIpc) is 2.54. The number of rotatable bonds is 7. The van der Waals surface area contributed by atoms with Crippen LogP contribution in [0.1, 0.15) is 16.7 Å². The van der Waals surface area contributed by atoms with Crippen LogP contribution in [0.25, 0.3) is 0 Å². The van der Waals surface area contributed by atoms with Crippen LogP contribution in [0.4, 0.5) is 5.69 Å². The summed E-state index contributed by atoms with van der Waals surface area (Å²) in [6.07, 6.45) is 0. The Hall–Kier alpha value is -2.53. The summed E-state index contributed by atoms with van der Waals surface area (Å²) < 4.78 is 10.8. The SMILES string of the molecule is COCCOc1cc(C)ccc1CN=C(N)Nc1cccc(C)c1. The number of hydrogen-bond acceptors (Lipinski definition) is 3. The van der Waals surface area contributed by atoms with E-state index in [1.54, 1.807) is 7.11 Å². The van der Waals surface area contributed by atoms with Crippen LogP contribution in [0.15, 0.2) is 47.5 Å². The van der Waals surface area contributed by atoms with E-state index in [2.05, 4.69) is 10.3 Å². The van der Waals surface area contributed by atoms with Crippen molar-refractivity contribution in [2.75, 3.05) is 25.6 Å². The van der Waals surface area contributed by atoms with Gasteiger partial charge >= 0.3 is 0 Å². The van der Waals surface area contributed by atoms with Crippen molar-refractivity contribution in [3.63, 3.8) is 0 Å². The minimum Gasteiger partial charge on any atom is -0.491 e. The zero-order valence-corrected chi connectivity index (χ0v) is 14.5. The second kappa shape index (κ2) is 8.93. The van der Waals surface area contributed by atoms with Gasteiger partial charge in [-0.05, 0) is 43.2 Å². The molecule has 0 bridgehead atoms. The van der Waals surface area contributed by atoms with Crippen LogP contribution in [0.5, 0.6) is 5.75 Å². The molecule has 0 radical (unpaired) electrons. The van der Waals surface area contributed by atoms with Gasteiger partial charge < -0.3 is 20.5 Å². The van der Waals surface area contributed by atoms with Crippen molar-refractivity contribution in [3.05, 3.63) is 59.2 Å². The fourth-order valence-corrected chi connectivity index (χ4v) is 2.24. The topological polar surface area (TPSA) is 68.9 Å². The van der Waals surface area contributed by atoms with Gasteiger partial charge in [0.2, 0.25) is 0 Å². The molecule has 128 valence electrons. The van der Waals surface area contributed by atoms with Gasteiger partial charge in [-0.1, -0.05) is 24.3 Å². The van der Waals surface area contributed by atoms with Gasteiger partial charge in [-0.3, -0.25) is 0 Å². The average molecular weight is 327 g/mol. The first-order valence-electron chi connectivity index (χ1n) is 7.93. The van der Waals surface area contributed by atoms with Crippen molar-refractivity contribution in [1.29, 1.82) is 0 Å². The molecule has 0 aliphatic heterocycles. The van der Waals surface area contributed by atoms with E-state index in [1.807, 2.05) is 56.3 Å². The summed E-state index contributed by atoms with van der Waals surface area (Å²) >= 11 is 0. The summed E-state index contributed by atoms with van der Waals surface area (Å²) in [5, 5.41) is 3.10. The molecule has 5 nitrogen and oxygen atoms in total. The van der Waals surface area contributed by atoms with Crippen LogP contribution in [-0.2, 0) is 11.3 Å². The van der Waals surface area contributed by atoms with Crippen molar-refractivity contribution in [2.24, 2.45) is 10.7 Å². The molecule has 0 aromatic heterocycles. The maximum Gasteiger partial charge on any atom is 0.193 e. The molecule has 0 aliphatic rings. The van der Waals surface area contributed by atoms with E-state index in [9.17, 15) is 0 Å². The molecule has 0 saturated carbocycles. The molecule has 0 heterocycles. The van der Waals surface area contributed by atoms with Gasteiger partial charge in [-0.2, -0.15) is 0 Å². The van der Waals surface area contributed by atoms with Gasteiger partial charge in [-0.15, -0.1) is 0 Å². The van der Waals surface area contributed by atoms with Gasteiger partial charge in [0.1, 0.15) is 12.4 Å². The molecule has 0 fully saturated rings. The van der Waals surface area contributed by atoms with Crippen LogP contribution in [0.2, 0.25) is 0 Å². The number of anilines is 1. The number of aryl methyl sites for hydroxylation is 2. The quantitative estimate of drug-likeness (QED) is 0.465. The summed E-state index contributed by atoms with van der Waals surface area (Å²) in [5.41, 5.74) is 10.2. The third-order valence-corrected chi connectivity index (χ3v) is 3.48. The Morgan fingerprint density at radius 3 is 2.62 bits per heavy atom. The Morgan fingerprint density at radius 2 is 1.88 bits per heavy atom. The molecule has 0 atom stereocenters. The highest BCUT2D eigenvalue weighted by Crippen LogP contribution is 2.21. The lowest BCUT2D eigenvalue weighted by Crippen LogP contribution is -2.22. The van der Waals surface area contributed by atoms with Crippen molar-refractivity contribution < 1.29 is 9.47 Å². The second-order valence-corrected chi connectivity index (χ2v) is 5.65. The first kappa shape index (κ1) is 17.8. The number of nitrogens with zero attached hydrogens (tertiary/aromatic N) is 1. The number of hydrogen-bond donors (Lipinski definition) is 2. The standard InChI is InChI=1S/C19H25N3O2/c1-14-5-4-6-17(11-14)22-19(20)21-13-16-8-7-15(2)12-18(16)24-10-9-23-3/h4-8,11-12H,9-10,13H2,1-3H3,(H3,20,21,22). The summed E-state index contributed by atoms with van der Waals surface area (Å²) in [5.74, 6) is 1.20. The first-order chi connectivity index (χ1) is 11.6. The van der Waals surface area contributed by atoms with E-state index in [-0.39, 0.29) is 0 Å². The Labute approximate surface area is 143 Å². The number of nitrogens with one attached hydrogen (secondary N) is 1. The lowest BCUT2D eigenvalue weighted by Gasteiger charge is -2.11. The van der Waals surface area contributed by atoms with Crippen LogP contribution >= 0.6 is 0 Å². The minimum atomic E-state index is 0.379. The molecule has 3 N–H and O–H groups in total. The molecule has 0 saturated heterocycles. The molecular formula is C19H25N3O2. The van der Waals surface area contributed by atoms with E-state index in [1.165, 1.54) is 5.56 Å². The smallest absolute Gasteiger partial charge is 0.193 e. The molecule has 2 aromatic carbocycles. The van der Waals surface area contributed by atoms with Gasteiger partial charge in [0, 0.05) is 18.4 Å². The number of nitrogens with two attached hydrogens (primary N) is 1. The van der Waals surface area contributed by atoms with Crippen molar-refractivity contribution >= 4 is 11.6 Å². The number of benzene rings is 2. The van der Waals surface area contributed by atoms with Crippen molar-refractivity contribution in [1.82, 2.24) is 0 Å². The molecule has 24 heavy (non-hydrogen) atoms. The summed E-state index contributed by atoms with van der Waals surface area (Å²) in [6, 6.07) is 14.1. The van der Waals surface area contributed by atoms with Crippen LogP contribution in [0.3, 0.4) is 0 Å². The third-order valence-electron chi connectivity index (χ3n) is 3.48. The van der Waals surface area contributed by atoms with E-state index < -0.39 is 0 Å². The molecule has 0 aliphatic carbocycles. The number of aliphatic imine (C=N–C) groups is 1. The van der Waals surface area contributed by atoms with Gasteiger partial charge in [0.25, 0.3) is 0 Å². The minimum absolute atomic E-state index is 0.379. The summed E-state index contributed by atoms with van der Waals surface area (Å²) in [7, 11) is 1.66. The molecule has 0 spiro atoms. The monoisotopic (exact) mass is 327 g/mol. The van der Waals surface area contributed by atoms with Crippen LogP contribution < -0.4 is 15.8 Å². The molecule has 0 amide bonds.